The third kappa shape index (κ3) is 3.82. The minimum atomic E-state index is -0.306. The fourth-order valence-corrected chi connectivity index (χ4v) is 7.93. The van der Waals surface area contributed by atoms with Crippen LogP contribution in [0.2, 0.25) is 10.0 Å². The van der Waals surface area contributed by atoms with Crippen LogP contribution >= 0.6 is 34.5 Å². The Morgan fingerprint density at radius 2 is 1.58 bits per heavy atom. The second kappa shape index (κ2) is 7.97. The highest BCUT2D eigenvalue weighted by Gasteiger charge is 2.54. The zero-order valence-electron chi connectivity index (χ0n) is 17.9. The quantitative estimate of drug-likeness (QED) is 0.405. The topological polar surface area (TPSA) is 71.1 Å². The highest BCUT2D eigenvalue weighted by atomic mass is 35.5. The summed E-state index contributed by atoms with van der Waals surface area (Å²) < 4.78 is 0.841. The first-order valence-corrected chi connectivity index (χ1v) is 12.9. The summed E-state index contributed by atoms with van der Waals surface area (Å²) in [4.78, 5) is 30.7. The van der Waals surface area contributed by atoms with E-state index < -0.39 is 0 Å². The fraction of sp³-hybridized carbons (Fsp3) is 0.400. The standard InChI is InChI=1S/C25H23Cl2N3O2S/c26-17-2-1-3-18(27)21(17)29-22(31)16-4-5-19-20(9-16)33-24(28-19)30-23(32)25-10-13-6-14(11-25)8-15(7-13)12-25/h1-5,9,13-15H,6-8,10-12H2,(H,29,31)(H,28,30,32). The van der Waals surface area contributed by atoms with Crippen molar-refractivity contribution in [1.29, 1.82) is 0 Å². The summed E-state index contributed by atoms with van der Waals surface area (Å²) in [7, 11) is 0. The van der Waals surface area contributed by atoms with E-state index in [1.807, 2.05) is 0 Å². The van der Waals surface area contributed by atoms with Crippen LogP contribution in [-0.2, 0) is 4.79 Å². The van der Waals surface area contributed by atoms with Gasteiger partial charge in [-0.3, -0.25) is 9.59 Å². The van der Waals surface area contributed by atoms with Crippen molar-refractivity contribution in [2.75, 3.05) is 10.6 Å². The summed E-state index contributed by atoms with van der Waals surface area (Å²) in [6, 6.07) is 10.4. The van der Waals surface area contributed by atoms with E-state index in [-0.39, 0.29) is 17.2 Å². The highest BCUT2D eigenvalue weighted by molar-refractivity contribution is 7.22. The first-order chi connectivity index (χ1) is 15.9. The number of para-hydroxylation sites is 1. The Bertz CT molecular complexity index is 1230. The second-order valence-electron chi connectivity index (χ2n) is 9.90. The van der Waals surface area contributed by atoms with E-state index in [0.29, 0.717) is 44.2 Å². The van der Waals surface area contributed by atoms with Gasteiger partial charge in [0.05, 0.1) is 31.4 Å². The Kier molecular flexibility index (Phi) is 5.16. The lowest BCUT2D eigenvalue weighted by Crippen LogP contribution is -2.51. The molecule has 0 saturated heterocycles. The minimum absolute atomic E-state index is 0.131. The maximum atomic E-state index is 13.4. The molecule has 0 unspecified atom stereocenters. The molecule has 2 N–H and O–H groups in total. The van der Waals surface area contributed by atoms with Gasteiger partial charge in [0.1, 0.15) is 0 Å². The van der Waals surface area contributed by atoms with Gasteiger partial charge in [0.15, 0.2) is 5.13 Å². The van der Waals surface area contributed by atoms with Gasteiger partial charge in [0, 0.05) is 5.56 Å². The van der Waals surface area contributed by atoms with Gasteiger partial charge in [-0.1, -0.05) is 40.6 Å². The summed E-state index contributed by atoms with van der Waals surface area (Å²) in [6.07, 6.45) is 6.97. The maximum Gasteiger partial charge on any atom is 0.255 e. The van der Waals surface area contributed by atoms with Crippen molar-refractivity contribution >= 4 is 67.4 Å². The number of rotatable bonds is 4. The van der Waals surface area contributed by atoms with Crippen LogP contribution in [0.5, 0.6) is 0 Å². The van der Waals surface area contributed by atoms with E-state index in [0.717, 1.165) is 29.5 Å². The second-order valence-corrected chi connectivity index (χ2v) is 11.7. The molecule has 7 rings (SSSR count). The van der Waals surface area contributed by atoms with Gasteiger partial charge in [-0.05, 0) is 86.6 Å². The van der Waals surface area contributed by atoms with E-state index in [1.54, 1.807) is 36.4 Å². The smallest absolute Gasteiger partial charge is 0.255 e. The number of nitrogens with zero attached hydrogens (tertiary/aromatic N) is 1. The molecule has 1 aromatic heterocycles. The molecule has 4 aliphatic carbocycles. The molecular formula is C25H23Cl2N3O2S. The van der Waals surface area contributed by atoms with Crippen molar-refractivity contribution in [3.05, 3.63) is 52.0 Å². The highest BCUT2D eigenvalue weighted by Crippen LogP contribution is 2.60. The number of anilines is 2. The monoisotopic (exact) mass is 499 g/mol. The molecule has 0 spiro atoms. The Morgan fingerprint density at radius 3 is 2.21 bits per heavy atom. The number of carbonyl (C=O) groups excluding carboxylic acids is 2. The van der Waals surface area contributed by atoms with E-state index in [1.165, 1.54) is 30.6 Å². The van der Waals surface area contributed by atoms with Crippen LogP contribution in [0.4, 0.5) is 10.8 Å². The zero-order valence-corrected chi connectivity index (χ0v) is 20.2. The molecular weight excluding hydrogens is 477 g/mol. The van der Waals surface area contributed by atoms with Gasteiger partial charge >= 0.3 is 0 Å². The van der Waals surface area contributed by atoms with E-state index in [2.05, 4.69) is 15.6 Å². The number of carbonyl (C=O) groups is 2. The third-order valence-corrected chi connectivity index (χ3v) is 9.16. The van der Waals surface area contributed by atoms with Crippen molar-refractivity contribution in [1.82, 2.24) is 4.98 Å². The average molecular weight is 500 g/mol. The average Bonchev–Trinajstić information content (AvgIpc) is 3.17. The molecule has 3 aromatic rings. The lowest BCUT2D eigenvalue weighted by Gasteiger charge is -2.55. The Morgan fingerprint density at radius 1 is 0.939 bits per heavy atom. The third-order valence-electron chi connectivity index (χ3n) is 7.59. The number of amides is 2. The van der Waals surface area contributed by atoms with Gasteiger partial charge in [0.2, 0.25) is 5.91 Å². The molecule has 2 amide bonds. The summed E-state index contributed by atoms with van der Waals surface area (Å²) in [6.45, 7) is 0. The van der Waals surface area contributed by atoms with Crippen molar-refractivity contribution in [2.45, 2.75) is 38.5 Å². The molecule has 4 fully saturated rings. The molecule has 0 atom stereocenters. The van der Waals surface area contributed by atoms with Crippen molar-refractivity contribution in [2.24, 2.45) is 23.2 Å². The fourth-order valence-electron chi connectivity index (χ4n) is 6.54. The first-order valence-electron chi connectivity index (χ1n) is 11.4. The van der Waals surface area contributed by atoms with Gasteiger partial charge in [0.25, 0.3) is 5.91 Å². The SMILES string of the molecule is O=C(Nc1c(Cl)cccc1Cl)c1ccc2nc(NC(=O)C34CC5CC(CC(C5)C3)C4)sc2c1. The van der Waals surface area contributed by atoms with Crippen LogP contribution in [0.1, 0.15) is 48.9 Å². The largest absolute Gasteiger partial charge is 0.319 e. The Balaban J connectivity index is 1.21. The Hall–Kier alpha value is -2.15. The van der Waals surface area contributed by atoms with Crippen LogP contribution < -0.4 is 10.6 Å². The van der Waals surface area contributed by atoms with Gasteiger partial charge < -0.3 is 10.6 Å². The molecule has 0 aliphatic heterocycles. The Labute approximate surface area is 205 Å². The van der Waals surface area contributed by atoms with Crippen molar-refractivity contribution in [3.8, 4) is 0 Å². The van der Waals surface area contributed by atoms with Crippen molar-refractivity contribution in [3.63, 3.8) is 0 Å². The normalized spacial score (nSPS) is 27.6. The molecule has 4 aliphatic rings. The number of nitrogens with one attached hydrogen (secondary N) is 2. The van der Waals surface area contributed by atoms with Crippen LogP contribution in [0.15, 0.2) is 36.4 Å². The lowest BCUT2D eigenvalue weighted by molar-refractivity contribution is -0.140. The maximum absolute atomic E-state index is 13.4. The molecule has 2 aromatic carbocycles. The molecule has 33 heavy (non-hydrogen) atoms. The van der Waals surface area contributed by atoms with E-state index in [9.17, 15) is 9.59 Å². The number of halogens is 2. The van der Waals surface area contributed by atoms with Gasteiger partial charge in [-0.2, -0.15) is 0 Å². The number of benzene rings is 2. The number of thiazole rings is 1. The molecule has 4 saturated carbocycles. The summed E-state index contributed by atoms with van der Waals surface area (Å²) in [5.74, 6) is 1.96. The van der Waals surface area contributed by atoms with Crippen LogP contribution in [0.25, 0.3) is 10.2 Å². The molecule has 5 nitrogen and oxygen atoms in total. The molecule has 8 heteroatoms. The first kappa shape index (κ1) is 21.4. The minimum Gasteiger partial charge on any atom is -0.319 e. The van der Waals surface area contributed by atoms with Crippen molar-refractivity contribution < 1.29 is 9.59 Å². The summed E-state index contributed by atoms with van der Waals surface area (Å²) in [5.41, 5.74) is 1.40. The number of aromatic nitrogens is 1. The predicted octanol–water partition coefficient (Wildman–Crippen LogP) is 7.01. The summed E-state index contributed by atoms with van der Waals surface area (Å²) >= 11 is 13.7. The van der Waals surface area contributed by atoms with Gasteiger partial charge in [-0.25, -0.2) is 4.98 Å². The zero-order chi connectivity index (χ0) is 22.7. The van der Waals surface area contributed by atoms with Crippen LogP contribution in [0, 0.1) is 23.2 Å². The van der Waals surface area contributed by atoms with E-state index >= 15 is 0 Å². The lowest BCUT2D eigenvalue weighted by atomic mass is 9.49. The van der Waals surface area contributed by atoms with E-state index in [4.69, 9.17) is 23.2 Å². The van der Waals surface area contributed by atoms with Gasteiger partial charge in [-0.15, -0.1) is 0 Å². The molecule has 0 radical (unpaired) electrons. The number of fused-ring (bicyclic) bond motifs is 1. The molecule has 170 valence electrons. The molecule has 1 heterocycles. The number of hydrogen-bond donors (Lipinski definition) is 2. The number of hydrogen-bond acceptors (Lipinski definition) is 4. The van der Waals surface area contributed by atoms with Crippen LogP contribution in [0.3, 0.4) is 0 Å². The molecule has 4 bridgehead atoms. The summed E-state index contributed by atoms with van der Waals surface area (Å²) in [5, 5.41) is 7.26. The van der Waals surface area contributed by atoms with Crippen LogP contribution in [-0.4, -0.2) is 16.8 Å². The predicted molar refractivity (Wildman–Crippen MR) is 133 cm³/mol.